The second-order valence-electron chi connectivity index (χ2n) is 6.85. The molecule has 2 aromatic rings. The molecule has 8 nitrogen and oxygen atoms in total. The van der Waals surface area contributed by atoms with Crippen LogP contribution in [0.15, 0.2) is 30.3 Å². The molecule has 1 heterocycles. The molecule has 1 fully saturated rings. The highest BCUT2D eigenvalue weighted by Gasteiger charge is 2.29. The fourth-order valence-corrected chi connectivity index (χ4v) is 3.39. The van der Waals surface area contributed by atoms with E-state index in [4.69, 9.17) is 9.47 Å². The number of hydrogen-bond acceptors (Lipinski definition) is 5. The van der Waals surface area contributed by atoms with Crippen LogP contribution in [0.2, 0.25) is 0 Å². The molecule has 150 valence electrons. The summed E-state index contributed by atoms with van der Waals surface area (Å²) in [6.45, 7) is 2.41. The number of methoxy groups -OCH3 is 1. The molecule has 0 radical (unpaired) electrons. The van der Waals surface area contributed by atoms with Crippen LogP contribution in [0.1, 0.15) is 43.4 Å². The molecule has 28 heavy (non-hydrogen) atoms. The Hall–Kier alpha value is -3.03. The number of H-pyrrole nitrogens is 1. The molecule has 2 atom stereocenters. The first-order valence-electron chi connectivity index (χ1n) is 9.50. The van der Waals surface area contributed by atoms with Gasteiger partial charge in [0.2, 0.25) is 5.91 Å². The SMILES string of the molecule is CCNC(=O)OC1CCC(c2cc(NC(=O)Cc3ccc(OC)cc3)n[nH]2)C1. The first-order chi connectivity index (χ1) is 13.6. The molecule has 2 unspecified atom stereocenters. The Morgan fingerprint density at radius 3 is 2.75 bits per heavy atom. The first-order valence-corrected chi connectivity index (χ1v) is 9.50. The number of aromatic amines is 1. The molecule has 0 aliphatic heterocycles. The number of nitrogens with zero attached hydrogens (tertiary/aromatic N) is 1. The zero-order valence-electron chi connectivity index (χ0n) is 16.2. The monoisotopic (exact) mass is 386 g/mol. The van der Waals surface area contributed by atoms with Crippen molar-refractivity contribution >= 4 is 17.8 Å². The topological polar surface area (TPSA) is 105 Å². The van der Waals surface area contributed by atoms with Gasteiger partial charge in [-0.15, -0.1) is 0 Å². The van der Waals surface area contributed by atoms with Crippen LogP contribution in [0.3, 0.4) is 0 Å². The number of anilines is 1. The van der Waals surface area contributed by atoms with Crippen LogP contribution < -0.4 is 15.4 Å². The van der Waals surface area contributed by atoms with Gasteiger partial charge in [0.05, 0.1) is 13.5 Å². The summed E-state index contributed by atoms with van der Waals surface area (Å²) in [5.74, 6) is 1.36. The highest BCUT2D eigenvalue weighted by atomic mass is 16.6. The molecule has 3 N–H and O–H groups in total. The lowest BCUT2D eigenvalue weighted by atomic mass is 10.0. The molecule has 0 saturated heterocycles. The molecule has 1 aromatic carbocycles. The number of aromatic nitrogens is 2. The van der Waals surface area contributed by atoms with E-state index in [0.717, 1.165) is 36.3 Å². The Bertz CT molecular complexity index is 803. The Balaban J connectivity index is 1.49. The van der Waals surface area contributed by atoms with Gasteiger partial charge in [0, 0.05) is 24.2 Å². The summed E-state index contributed by atoms with van der Waals surface area (Å²) >= 11 is 0. The summed E-state index contributed by atoms with van der Waals surface area (Å²) < 4.78 is 10.5. The Kier molecular flexibility index (Phi) is 6.52. The second-order valence-corrected chi connectivity index (χ2v) is 6.85. The maximum absolute atomic E-state index is 12.2. The zero-order chi connectivity index (χ0) is 19.9. The standard InChI is InChI=1S/C20H26N4O4/c1-3-21-20(26)28-16-9-6-14(11-16)17-12-18(24-23-17)22-19(25)10-13-4-7-15(27-2)8-5-13/h4-5,7-8,12,14,16H,3,6,9-11H2,1-2H3,(H,21,26)(H2,22,23,24,25). The molecule has 8 heteroatoms. The van der Waals surface area contributed by atoms with Crippen LogP contribution in [0, 0.1) is 0 Å². The molecule has 0 bridgehead atoms. The van der Waals surface area contributed by atoms with Crippen LogP contribution in [-0.4, -0.2) is 42.0 Å². The van der Waals surface area contributed by atoms with Crippen molar-refractivity contribution in [2.45, 2.75) is 44.6 Å². The third kappa shape index (κ3) is 5.25. The minimum absolute atomic E-state index is 0.0898. The first kappa shape index (κ1) is 19.7. The third-order valence-electron chi connectivity index (χ3n) is 4.81. The second kappa shape index (κ2) is 9.25. The van der Waals surface area contributed by atoms with Crippen molar-refractivity contribution < 1.29 is 19.1 Å². The van der Waals surface area contributed by atoms with E-state index in [1.54, 1.807) is 7.11 Å². The van der Waals surface area contributed by atoms with Gasteiger partial charge in [-0.2, -0.15) is 5.10 Å². The number of rotatable bonds is 7. The molecular formula is C20H26N4O4. The van der Waals surface area contributed by atoms with Gasteiger partial charge in [0.1, 0.15) is 11.9 Å². The van der Waals surface area contributed by atoms with Crippen LogP contribution in [0.4, 0.5) is 10.6 Å². The lowest BCUT2D eigenvalue weighted by Crippen LogP contribution is -2.27. The molecular weight excluding hydrogens is 360 g/mol. The summed E-state index contributed by atoms with van der Waals surface area (Å²) in [4.78, 5) is 23.8. The van der Waals surface area contributed by atoms with Gasteiger partial charge in [-0.3, -0.25) is 9.89 Å². The molecule has 0 spiro atoms. The quantitative estimate of drug-likeness (QED) is 0.678. The van der Waals surface area contributed by atoms with Gasteiger partial charge < -0.3 is 20.1 Å². The van der Waals surface area contributed by atoms with E-state index in [-0.39, 0.29) is 30.4 Å². The predicted molar refractivity (Wildman–Crippen MR) is 104 cm³/mol. The van der Waals surface area contributed by atoms with Gasteiger partial charge in [0.15, 0.2) is 5.82 Å². The number of nitrogens with one attached hydrogen (secondary N) is 3. The minimum Gasteiger partial charge on any atom is -0.497 e. The highest BCUT2D eigenvalue weighted by Crippen LogP contribution is 2.35. The number of ether oxygens (including phenoxy) is 2. The predicted octanol–water partition coefficient (Wildman–Crippen LogP) is 2.98. The molecule has 2 amide bonds. The van der Waals surface area contributed by atoms with Gasteiger partial charge in [-0.1, -0.05) is 12.1 Å². The average molecular weight is 386 g/mol. The van der Waals surface area contributed by atoms with E-state index in [2.05, 4.69) is 20.8 Å². The van der Waals surface area contributed by atoms with Gasteiger partial charge in [-0.25, -0.2) is 4.79 Å². The van der Waals surface area contributed by atoms with Gasteiger partial charge in [-0.05, 0) is 43.9 Å². The van der Waals surface area contributed by atoms with E-state index >= 15 is 0 Å². The van der Waals surface area contributed by atoms with E-state index in [9.17, 15) is 9.59 Å². The van der Waals surface area contributed by atoms with Gasteiger partial charge in [0.25, 0.3) is 0 Å². The molecule has 1 aliphatic rings. The largest absolute Gasteiger partial charge is 0.497 e. The summed E-state index contributed by atoms with van der Waals surface area (Å²) in [7, 11) is 1.61. The smallest absolute Gasteiger partial charge is 0.407 e. The van der Waals surface area contributed by atoms with E-state index in [1.165, 1.54) is 0 Å². The van der Waals surface area contributed by atoms with Crippen molar-refractivity contribution in [1.29, 1.82) is 0 Å². The number of amides is 2. The highest BCUT2D eigenvalue weighted by molar-refractivity contribution is 5.91. The number of hydrogen-bond donors (Lipinski definition) is 3. The van der Waals surface area contributed by atoms with Crippen LogP contribution in [0.5, 0.6) is 5.75 Å². The molecule has 3 rings (SSSR count). The van der Waals surface area contributed by atoms with Crippen LogP contribution in [-0.2, 0) is 16.0 Å². The summed E-state index contributed by atoms with van der Waals surface area (Å²) in [6.07, 6.45) is 2.28. The zero-order valence-corrected chi connectivity index (χ0v) is 16.2. The molecule has 1 saturated carbocycles. The molecule has 1 aliphatic carbocycles. The fourth-order valence-electron chi connectivity index (χ4n) is 3.39. The fraction of sp³-hybridized carbons (Fsp3) is 0.450. The normalized spacial score (nSPS) is 18.5. The molecule has 1 aromatic heterocycles. The van der Waals surface area contributed by atoms with Crippen molar-refractivity contribution in [1.82, 2.24) is 15.5 Å². The van der Waals surface area contributed by atoms with Gasteiger partial charge >= 0.3 is 6.09 Å². The third-order valence-corrected chi connectivity index (χ3v) is 4.81. The Morgan fingerprint density at radius 2 is 2.04 bits per heavy atom. The number of carbonyl (C=O) groups excluding carboxylic acids is 2. The summed E-state index contributed by atoms with van der Waals surface area (Å²) in [5.41, 5.74) is 1.84. The average Bonchev–Trinajstić information content (AvgIpc) is 3.32. The van der Waals surface area contributed by atoms with E-state index in [0.29, 0.717) is 12.4 Å². The number of carbonyl (C=O) groups is 2. The van der Waals surface area contributed by atoms with E-state index in [1.807, 2.05) is 37.3 Å². The summed E-state index contributed by atoms with van der Waals surface area (Å²) in [5, 5.41) is 12.6. The van der Waals surface area contributed by atoms with E-state index < -0.39 is 0 Å². The lowest BCUT2D eigenvalue weighted by Gasteiger charge is -2.12. The van der Waals surface area contributed by atoms with Crippen molar-refractivity contribution in [3.05, 3.63) is 41.6 Å². The number of benzene rings is 1. The maximum Gasteiger partial charge on any atom is 0.407 e. The lowest BCUT2D eigenvalue weighted by molar-refractivity contribution is -0.115. The maximum atomic E-state index is 12.2. The number of alkyl carbamates (subject to hydrolysis) is 1. The minimum atomic E-state index is -0.371. The van der Waals surface area contributed by atoms with Crippen molar-refractivity contribution in [3.8, 4) is 5.75 Å². The van der Waals surface area contributed by atoms with Crippen LogP contribution >= 0.6 is 0 Å². The Labute approximate surface area is 164 Å². The van der Waals surface area contributed by atoms with Crippen molar-refractivity contribution in [3.63, 3.8) is 0 Å². The van der Waals surface area contributed by atoms with Crippen molar-refractivity contribution in [2.75, 3.05) is 19.0 Å². The Morgan fingerprint density at radius 1 is 1.25 bits per heavy atom. The van der Waals surface area contributed by atoms with Crippen molar-refractivity contribution in [2.24, 2.45) is 0 Å². The van der Waals surface area contributed by atoms with Crippen LogP contribution in [0.25, 0.3) is 0 Å². The summed E-state index contributed by atoms with van der Waals surface area (Å²) in [6, 6.07) is 9.23.